The Morgan fingerprint density at radius 3 is 2.58 bits per heavy atom. The van der Waals surface area contributed by atoms with Crippen LogP contribution in [0.5, 0.6) is 0 Å². The van der Waals surface area contributed by atoms with Crippen LogP contribution in [0.1, 0.15) is 18.9 Å². The van der Waals surface area contributed by atoms with E-state index >= 15 is 0 Å². The van der Waals surface area contributed by atoms with Crippen molar-refractivity contribution < 1.29 is 8.42 Å². The van der Waals surface area contributed by atoms with E-state index in [1.165, 1.54) is 0 Å². The van der Waals surface area contributed by atoms with Crippen LogP contribution in [0.15, 0.2) is 46.9 Å². The number of nitrogens with one attached hydrogen (secondary N) is 1. The summed E-state index contributed by atoms with van der Waals surface area (Å²) in [4.78, 5) is 2.51. The van der Waals surface area contributed by atoms with Gasteiger partial charge in [-0.25, -0.2) is 4.83 Å². The molecule has 1 N–H and O–H groups in total. The largest absolute Gasteiger partial charge is 0.276 e. The molecule has 0 unspecified atom stereocenters. The van der Waals surface area contributed by atoms with Gasteiger partial charge in [0.15, 0.2) is 0 Å². The lowest BCUT2D eigenvalue weighted by Gasteiger charge is -2.05. The van der Waals surface area contributed by atoms with Gasteiger partial charge in [-0.2, -0.15) is 13.5 Å². The minimum atomic E-state index is -3.57. The zero-order valence-electron chi connectivity index (χ0n) is 11.1. The molecule has 1 aliphatic rings. The number of sulfonamides is 1. The van der Waals surface area contributed by atoms with Crippen LogP contribution in [0.3, 0.4) is 0 Å². The molecule has 1 aromatic rings. The molecule has 5 heteroatoms. The van der Waals surface area contributed by atoms with Crippen LogP contribution in [0.2, 0.25) is 0 Å². The van der Waals surface area contributed by atoms with Crippen molar-refractivity contribution in [2.24, 2.45) is 16.9 Å². The van der Waals surface area contributed by atoms with Gasteiger partial charge < -0.3 is 0 Å². The molecule has 0 aromatic heterocycles. The lowest BCUT2D eigenvalue weighted by atomic mass is 10.2. The smallest absolute Gasteiger partial charge is 0.200 e. The summed E-state index contributed by atoms with van der Waals surface area (Å²) in [7, 11) is -3.57. The standard InChI is InChI=1S/C14H18N2O2S/c1-4-12-9-14(12)11(3)15-16-19(17,18)13-7-5-10(2)6-8-13/h4-8,12,14,16H,1,9H2,2-3H3/b15-11+/t12-,14+/m0/s1. The second-order valence-electron chi connectivity index (χ2n) is 4.90. The van der Waals surface area contributed by atoms with Crippen LogP contribution in [0.25, 0.3) is 0 Å². The average molecular weight is 278 g/mol. The Balaban J connectivity index is 2.08. The molecule has 1 saturated carbocycles. The fourth-order valence-electron chi connectivity index (χ4n) is 1.94. The molecule has 2 atom stereocenters. The van der Waals surface area contributed by atoms with Crippen molar-refractivity contribution in [1.82, 2.24) is 4.83 Å². The summed E-state index contributed by atoms with van der Waals surface area (Å²) in [6.07, 6.45) is 2.89. The number of hydrogen-bond donors (Lipinski definition) is 1. The lowest BCUT2D eigenvalue weighted by Crippen LogP contribution is -2.20. The molecule has 0 bridgehead atoms. The number of benzene rings is 1. The first-order chi connectivity index (χ1) is 8.94. The first kappa shape index (κ1) is 13.8. The van der Waals surface area contributed by atoms with E-state index in [-0.39, 0.29) is 4.90 Å². The number of rotatable bonds is 5. The maximum absolute atomic E-state index is 12.0. The van der Waals surface area contributed by atoms with E-state index in [9.17, 15) is 8.42 Å². The monoisotopic (exact) mass is 278 g/mol. The van der Waals surface area contributed by atoms with Crippen LogP contribution in [-0.2, 0) is 10.0 Å². The Morgan fingerprint density at radius 1 is 1.42 bits per heavy atom. The zero-order valence-corrected chi connectivity index (χ0v) is 11.9. The molecule has 0 heterocycles. The number of nitrogens with zero attached hydrogens (tertiary/aromatic N) is 1. The Morgan fingerprint density at radius 2 is 2.05 bits per heavy atom. The third-order valence-corrected chi connectivity index (χ3v) is 4.58. The van der Waals surface area contributed by atoms with Gasteiger partial charge in [0.1, 0.15) is 0 Å². The summed E-state index contributed by atoms with van der Waals surface area (Å²) in [6.45, 7) is 7.48. The summed E-state index contributed by atoms with van der Waals surface area (Å²) < 4.78 is 24.0. The van der Waals surface area contributed by atoms with Gasteiger partial charge in [-0.1, -0.05) is 23.8 Å². The van der Waals surface area contributed by atoms with E-state index in [1.54, 1.807) is 24.3 Å². The first-order valence-electron chi connectivity index (χ1n) is 6.19. The maximum Gasteiger partial charge on any atom is 0.276 e. The van der Waals surface area contributed by atoms with Gasteiger partial charge in [0.25, 0.3) is 10.0 Å². The van der Waals surface area contributed by atoms with Gasteiger partial charge in [0.05, 0.1) is 4.90 Å². The second-order valence-corrected chi connectivity index (χ2v) is 6.56. The maximum atomic E-state index is 12.0. The van der Waals surface area contributed by atoms with Gasteiger partial charge in [0.2, 0.25) is 0 Å². The summed E-state index contributed by atoms with van der Waals surface area (Å²) in [5, 5.41) is 3.99. The van der Waals surface area contributed by atoms with E-state index < -0.39 is 10.0 Å². The van der Waals surface area contributed by atoms with E-state index in [2.05, 4.69) is 16.5 Å². The average Bonchev–Trinajstić information content (AvgIpc) is 3.16. The zero-order chi connectivity index (χ0) is 14.0. The number of aryl methyl sites for hydroxylation is 1. The highest BCUT2D eigenvalue weighted by Crippen LogP contribution is 2.40. The van der Waals surface area contributed by atoms with Crippen LogP contribution in [0, 0.1) is 18.8 Å². The molecule has 102 valence electrons. The summed E-state index contributed by atoms with van der Waals surface area (Å²) in [6, 6.07) is 6.68. The minimum Gasteiger partial charge on any atom is -0.200 e. The normalized spacial score (nSPS) is 22.9. The van der Waals surface area contributed by atoms with E-state index in [4.69, 9.17) is 0 Å². The van der Waals surface area contributed by atoms with Gasteiger partial charge in [-0.3, -0.25) is 0 Å². The van der Waals surface area contributed by atoms with Crippen molar-refractivity contribution in [2.45, 2.75) is 25.2 Å². The second kappa shape index (κ2) is 5.17. The van der Waals surface area contributed by atoms with Gasteiger partial charge in [-0.05, 0) is 38.3 Å². The predicted octanol–water partition coefficient (Wildman–Crippen LogP) is 2.47. The van der Waals surface area contributed by atoms with Crippen LogP contribution in [0.4, 0.5) is 0 Å². The van der Waals surface area contributed by atoms with Gasteiger partial charge in [-0.15, -0.1) is 6.58 Å². The van der Waals surface area contributed by atoms with Gasteiger partial charge >= 0.3 is 0 Å². The Kier molecular flexibility index (Phi) is 3.75. The summed E-state index contributed by atoms with van der Waals surface area (Å²) >= 11 is 0. The quantitative estimate of drug-likeness (QED) is 0.511. The molecule has 0 amide bonds. The molecular weight excluding hydrogens is 260 g/mol. The fraction of sp³-hybridized carbons (Fsp3) is 0.357. The first-order valence-corrected chi connectivity index (χ1v) is 7.67. The van der Waals surface area contributed by atoms with E-state index in [1.807, 2.05) is 19.9 Å². The van der Waals surface area contributed by atoms with Crippen molar-refractivity contribution in [2.75, 3.05) is 0 Å². The van der Waals surface area contributed by atoms with E-state index in [0.717, 1.165) is 17.7 Å². The van der Waals surface area contributed by atoms with E-state index in [0.29, 0.717) is 11.8 Å². The van der Waals surface area contributed by atoms with Crippen molar-refractivity contribution in [3.8, 4) is 0 Å². The molecule has 1 aromatic carbocycles. The van der Waals surface area contributed by atoms with Crippen LogP contribution < -0.4 is 4.83 Å². The highest BCUT2D eigenvalue weighted by atomic mass is 32.2. The molecule has 1 aliphatic carbocycles. The molecule has 2 rings (SSSR count). The molecule has 0 saturated heterocycles. The molecule has 19 heavy (non-hydrogen) atoms. The Hall–Kier alpha value is -1.62. The minimum absolute atomic E-state index is 0.228. The number of allylic oxidation sites excluding steroid dienone is 1. The molecule has 0 spiro atoms. The van der Waals surface area contributed by atoms with Crippen LogP contribution >= 0.6 is 0 Å². The SMILES string of the molecule is C=C[C@H]1C[C@@H]1/C(C)=N/NS(=O)(=O)c1ccc(C)cc1. The van der Waals surface area contributed by atoms with Crippen molar-refractivity contribution in [1.29, 1.82) is 0 Å². The summed E-state index contributed by atoms with van der Waals surface area (Å²) in [5.74, 6) is 0.769. The molecule has 0 aliphatic heterocycles. The van der Waals surface area contributed by atoms with Crippen LogP contribution in [-0.4, -0.2) is 14.1 Å². The summed E-state index contributed by atoms with van der Waals surface area (Å²) in [5.41, 5.74) is 1.83. The molecule has 4 nitrogen and oxygen atoms in total. The topological polar surface area (TPSA) is 58.5 Å². The highest BCUT2D eigenvalue weighted by Gasteiger charge is 2.36. The third-order valence-electron chi connectivity index (χ3n) is 3.35. The Bertz CT molecular complexity index is 603. The Labute approximate surface area is 114 Å². The molecule has 0 radical (unpaired) electrons. The predicted molar refractivity (Wildman–Crippen MR) is 76.4 cm³/mol. The lowest BCUT2D eigenvalue weighted by molar-refractivity contribution is 0.584. The number of hydrogen-bond acceptors (Lipinski definition) is 3. The van der Waals surface area contributed by atoms with Crippen molar-refractivity contribution in [3.63, 3.8) is 0 Å². The number of hydrazone groups is 1. The van der Waals surface area contributed by atoms with Gasteiger partial charge in [0, 0.05) is 11.6 Å². The third kappa shape index (κ3) is 3.23. The molecule has 1 fully saturated rings. The molecular formula is C14H18N2O2S. The van der Waals surface area contributed by atoms with Crippen molar-refractivity contribution in [3.05, 3.63) is 42.5 Å². The highest BCUT2D eigenvalue weighted by molar-refractivity contribution is 7.89. The van der Waals surface area contributed by atoms with Crippen molar-refractivity contribution >= 4 is 15.7 Å². The fourth-order valence-corrected chi connectivity index (χ4v) is 2.80.